The molecule has 4 amide bonds. The molecule has 6 nitrogen and oxygen atoms in total. The lowest BCUT2D eigenvalue weighted by atomic mass is 9.62. The van der Waals surface area contributed by atoms with Gasteiger partial charge in [0.2, 0.25) is 0 Å². The van der Waals surface area contributed by atoms with E-state index in [1.807, 2.05) is 41.5 Å². The second-order valence-electron chi connectivity index (χ2n) is 11.2. The fraction of sp³-hybridized carbons (Fsp3) is 0.900. The average Bonchev–Trinajstić information content (AvgIpc) is 2.29. The largest absolute Gasteiger partial charge is 0.338 e. The Kier molecular flexibility index (Phi) is 6.64. The van der Waals surface area contributed by atoms with Gasteiger partial charge in [0.15, 0.2) is 0 Å². The summed E-state index contributed by atoms with van der Waals surface area (Å²) in [6, 6.07) is -0.170. The molecule has 1 fully saturated rings. The van der Waals surface area contributed by atoms with E-state index < -0.39 is 0 Å². The second-order valence-corrected chi connectivity index (χ2v) is 11.2. The van der Waals surface area contributed by atoms with Crippen LogP contribution in [-0.2, 0) is 0 Å². The first kappa shape index (κ1) is 22.6. The molecule has 0 spiro atoms. The van der Waals surface area contributed by atoms with Crippen LogP contribution in [0.25, 0.3) is 0 Å². The number of urea groups is 2. The standard InChI is InChI=1S/C20H40N4O2/c1-17(2,3)23-15(25)21-13-20(9)11-14(10-19(7,8)12-20)22-16(26)24-18(4,5)6/h14H,10-13H2,1-9H3,(H2,21,23,25)(H2,22,24,26)/t14-,20+/m0/s1. The zero-order chi connectivity index (χ0) is 20.4. The fourth-order valence-electron chi connectivity index (χ4n) is 4.11. The van der Waals surface area contributed by atoms with E-state index in [4.69, 9.17) is 0 Å². The Hall–Kier alpha value is -1.46. The molecule has 0 heterocycles. The van der Waals surface area contributed by atoms with Crippen LogP contribution in [0, 0.1) is 10.8 Å². The van der Waals surface area contributed by atoms with Crippen molar-refractivity contribution in [3.8, 4) is 0 Å². The molecule has 0 aromatic heterocycles. The van der Waals surface area contributed by atoms with Crippen molar-refractivity contribution in [2.45, 2.75) is 98.7 Å². The SMILES string of the molecule is CC1(C)C[C@H](NC(=O)NC(C)(C)C)C[C@@](C)(CNC(=O)NC(C)(C)C)C1. The van der Waals surface area contributed by atoms with E-state index in [-0.39, 0.29) is 40.0 Å². The lowest BCUT2D eigenvalue weighted by Gasteiger charge is -2.47. The summed E-state index contributed by atoms with van der Waals surface area (Å²) in [6.07, 6.45) is 2.80. The minimum atomic E-state index is -0.260. The Morgan fingerprint density at radius 2 is 1.38 bits per heavy atom. The van der Waals surface area contributed by atoms with Crippen LogP contribution in [0.3, 0.4) is 0 Å². The molecule has 152 valence electrons. The lowest BCUT2D eigenvalue weighted by molar-refractivity contribution is 0.0743. The van der Waals surface area contributed by atoms with Gasteiger partial charge in [-0.2, -0.15) is 0 Å². The molecule has 1 aliphatic carbocycles. The molecular weight excluding hydrogens is 328 g/mol. The van der Waals surface area contributed by atoms with Gasteiger partial charge in [-0.05, 0) is 71.6 Å². The van der Waals surface area contributed by atoms with Gasteiger partial charge < -0.3 is 21.3 Å². The highest BCUT2D eigenvalue weighted by Gasteiger charge is 2.42. The molecule has 26 heavy (non-hydrogen) atoms. The minimum Gasteiger partial charge on any atom is -0.338 e. The monoisotopic (exact) mass is 368 g/mol. The molecule has 1 saturated carbocycles. The third-order valence-corrected chi connectivity index (χ3v) is 4.43. The van der Waals surface area contributed by atoms with E-state index in [1.54, 1.807) is 0 Å². The van der Waals surface area contributed by atoms with Gasteiger partial charge in [-0.25, -0.2) is 9.59 Å². The highest BCUT2D eigenvalue weighted by molar-refractivity contribution is 5.75. The smallest absolute Gasteiger partial charge is 0.315 e. The summed E-state index contributed by atoms with van der Waals surface area (Å²) in [7, 11) is 0. The summed E-state index contributed by atoms with van der Waals surface area (Å²) in [6.45, 7) is 19.1. The highest BCUT2D eigenvalue weighted by atomic mass is 16.2. The van der Waals surface area contributed by atoms with Crippen LogP contribution in [0.4, 0.5) is 9.59 Å². The van der Waals surface area contributed by atoms with Gasteiger partial charge in [-0.3, -0.25) is 0 Å². The van der Waals surface area contributed by atoms with Gasteiger partial charge in [-0.1, -0.05) is 20.8 Å². The van der Waals surface area contributed by atoms with Crippen molar-refractivity contribution >= 4 is 12.1 Å². The predicted molar refractivity (Wildman–Crippen MR) is 107 cm³/mol. The molecule has 1 rings (SSSR count). The number of hydrogen-bond donors (Lipinski definition) is 4. The van der Waals surface area contributed by atoms with Crippen molar-refractivity contribution in [2.24, 2.45) is 10.8 Å². The predicted octanol–water partition coefficient (Wildman–Crippen LogP) is 3.77. The number of carbonyl (C=O) groups is 2. The van der Waals surface area contributed by atoms with Crippen molar-refractivity contribution in [2.75, 3.05) is 6.54 Å². The van der Waals surface area contributed by atoms with Crippen molar-refractivity contribution in [1.82, 2.24) is 21.3 Å². The van der Waals surface area contributed by atoms with Gasteiger partial charge in [0.1, 0.15) is 0 Å². The molecule has 1 aliphatic rings. The summed E-state index contributed by atoms with van der Waals surface area (Å²) in [5, 5.41) is 12.1. The summed E-state index contributed by atoms with van der Waals surface area (Å²) in [5.41, 5.74) is -0.471. The first-order chi connectivity index (χ1) is 11.5. The first-order valence-corrected chi connectivity index (χ1v) is 9.63. The van der Waals surface area contributed by atoms with Gasteiger partial charge in [0.05, 0.1) is 0 Å². The van der Waals surface area contributed by atoms with Gasteiger partial charge in [0, 0.05) is 23.7 Å². The second kappa shape index (κ2) is 7.65. The zero-order valence-electron chi connectivity index (χ0n) is 18.2. The highest BCUT2D eigenvalue weighted by Crippen LogP contribution is 2.45. The molecule has 2 atom stereocenters. The van der Waals surface area contributed by atoms with Crippen LogP contribution in [0.2, 0.25) is 0 Å². The van der Waals surface area contributed by atoms with Crippen LogP contribution in [0.5, 0.6) is 0 Å². The number of amides is 4. The Bertz CT molecular complexity index is 517. The molecule has 0 radical (unpaired) electrons. The molecule has 0 aromatic carbocycles. The van der Waals surface area contributed by atoms with E-state index >= 15 is 0 Å². The van der Waals surface area contributed by atoms with Crippen molar-refractivity contribution in [1.29, 1.82) is 0 Å². The van der Waals surface area contributed by atoms with Crippen LogP contribution in [0.1, 0.15) is 81.6 Å². The number of hydrogen-bond acceptors (Lipinski definition) is 2. The van der Waals surface area contributed by atoms with E-state index in [0.717, 1.165) is 19.3 Å². The van der Waals surface area contributed by atoms with Crippen LogP contribution in [0.15, 0.2) is 0 Å². The van der Waals surface area contributed by atoms with E-state index in [9.17, 15) is 9.59 Å². The first-order valence-electron chi connectivity index (χ1n) is 9.63. The Morgan fingerprint density at radius 3 is 1.88 bits per heavy atom. The maximum absolute atomic E-state index is 12.3. The van der Waals surface area contributed by atoms with Crippen molar-refractivity contribution in [3.63, 3.8) is 0 Å². The Balaban J connectivity index is 2.70. The van der Waals surface area contributed by atoms with Gasteiger partial charge in [0.25, 0.3) is 0 Å². The van der Waals surface area contributed by atoms with Crippen LogP contribution < -0.4 is 21.3 Å². The number of carbonyl (C=O) groups excluding carboxylic acids is 2. The minimum absolute atomic E-state index is 0.0589. The van der Waals surface area contributed by atoms with Gasteiger partial charge in [-0.15, -0.1) is 0 Å². The summed E-state index contributed by atoms with van der Waals surface area (Å²) in [4.78, 5) is 24.4. The lowest BCUT2D eigenvalue weighted by Crippen LogP contribution is -2.55. The van der Waals surface area contributed by atoms with Crippen molar-refractivity contribution in [3.05, 3.63) is 0 Å². The zero-order valence-corrected chi connectivity index (χ0v) is 18.2. The normalized spacial score (nSPS) is 26.0. The van der Waals surface area contributed by atoms with Crippen LogP contribution >= 0.6 is 0 Å². The molecule has 0 bridgehead atoms. The maximum atomic E-state index is 12.3. The number of nitrogens with one attached hydrogen (secondary N) is 4. The van der Waals surface area contributed by atoms with Crippen molar-refractivity contribution < 1.29 is 9.59 Å². The molecule has 4 N–H and O–H groups in total. The topological polar surface area (TPSA) is 82.3 Å². The fourth-order valence-corrected chi connectivity index (χ4v) is 4.11. The van der Waals surface area contributed by atoms with Crippen LogP contribution in [-0.4, -0.2) is 35.7 Å². The maximum Gasteiger partial charge on any atom is 0.315 e. The number of rotatable bonds is 3. The summed E-state index contributed by atoms with van der Waals surface area (Å²) in [5.74, 6) is 0. The average molecular weight is 369 g/mol. The molecule has 6 heteroatoms. The molecule has 0 aliphatic heterocycles. The van der Waals surface area contributed by atoms with E-state index in [0.29, 0.717) is 6.54 Å². The Morgan fingerprint density at radius 1 is 0.885 bits per heavy atom. The molecule has 0 saturated heterocycles. The molecule has 0 aromatic rings. The Labute approximate surface area is 159 Å². The molecule has 0 unspecified atom stereocenters. The van der Waals surface area contributed by atoms with E-state index in [2.05, 4.69) is 42.0 Å². The summed E-state index contributed by atoms with van der Waals surface area (Å²) >= 11 is 0. The quantitative estimate of drug-likeness (QED) is 0.611. The van der Waals surface area contributed by atoms with Gasteiger partial charge >= 0.3 is 12.1 Å². The van der Waals surface area contributed by atoms with E-state index in [1.165, 1.54) is 0 Å². The third kappa shape index (κ3) is 8.77. The third-order valence-electron chi connectivity index (χ3n) is 4.43. The summed E-state index contributed by atoms with van der Waals surface area (Å²) < 4.78 is 0. The molecular formula is C20H40N4O2.